The van der Waals surface area contributed by atoms with E-state index in [9.17, 15) is 12.8 Å². The van der Waals surface area contributed by atoms with E-state index >= 15 is 0 Å². The van der Waals surface area contributed by atoms with Crippen molar-refractivity contribution in [3.8, 4) is 0 Å². The van der Waals surface area contributed by atoms with Gasteiger partial charge in [0.25, 0.3) is 0 Å². The summed E-state index contributed by atoms with van der Waals surface area (Å²) in [7, 11) is -1.88. The van der Waals surface area contributed by atoms with Crippen molar-refractivity contribution in [2.24, 2.45) is 10.4 Å². The second kappa shape index (κ2) is 9.20. The van der Waals surface area contributed by atoms with Crippen molar-refractivity contribution in [3.63, 3.8) is 0 Å². The molecule has 1 aliphatic heterocycles. The number of sulfonamides is 1. The Balaban J connectivity index is 0.00000338. The normalized spacial score (nSPS) is 17.0. The highest BCUT2D eigenvalue weighted by Gasteiger charge is 2.30. The third-order valence-electron chi connectivity index (χ3n) is 4.29. The van der Waals surface area contributed by atoms with Crippen molar-refractivity contribution >= 4 is 45.6 Å². The van der Waals surface area contributed by atoms with Gasteiger partial charge in [0.05, 0.1) is 11.4 Å². The second-order valence-electron chi connectivity index (χ2n) is 7.19. The molecule has 1 saturated heterocycles. The first-order valence-corrected chi connectivity index (χ1v) is 9.99. The quantitative estimate of drug-likeness (QED) is 0.372. The van der Waals surface area contributed by atoms with Crippen molar-refractivity contribution < 1.29 is 12.8 Å². The summed E-state index contributed by atoms with van der Waals surface area (Å²) in [5.41, 5.74) is 0.941. The van der Waals surface area contributed by atoms with Crippen molar-refractivity contribution in [3.05, 3.63) is 29.6 Å². The lowest BCUT2D eigenvalue weighted by atomic mass is 9.93. The summed E-state index contributed by atoms with van der Waals surface area (Å²) in [6.45, 7) is 8.06. The Bertz CT molecular complexity index is 753. The average molecular weight is 498 g/mol. The van der Waals surface area contributed by atoms with E-state index in [-0.39, 0.29) is 47.4 Å². The molecular formula is C17H28FIN4O2S. The van der Waals surface area contributed by atoms with E-state index in [0.29, 0.717) is 11.5 Å². The number of likely N-dealkylation sites (tertiary alicyclic amines) is 1. The van der Waals surface area contributed by atoms with Crippen LogP contribution in [0.4, 0.5) is 10.1 Å². The van der Waals surface area contributed by atoms with Crippen LogP contribution in [0.25, 0.3) is 0 Å². The van der Waals surface area contributed by atoms with Crippen molar-refractivity contribution in [1.82, 2.24) is 10.2 Å². The molecule has 0 aromatic heterocycles. The topological polar surface area (TPSA) is 73.8 Å². The van der Waals surface area contributed by atoms with Gasteiger partial charge >= 0.3 is 0 Å². The lowest BCUT2D eigenvalue weighted by molar-refractivity contribution is 0.370. The number of anilines is 1. The standard InChI is InChI=1S/C17H27FN4O2S.HI/c1-13-5-6-14(11-15(13)18)21-25(23,24)10-8-20-16(19-4)22-9-7-17(2,3)12-22;/h5-6,11,21H,7-10,12H2,1-4H3,(H,19,20);1H. The molecule has 0 aliphatic carbocycles. The number of hydrogen-bond acceptors (Lipinski definition) is 3. The van der Waals surface area contributed by atoms with Gasteiger partial charge in [0.2, 0.25) is 10.0 Å². The second-order valence-corrected chi connectivity index (χ2v) is 9.04. The molecule has 0 saturated carbocycles. The summed E-state index contributed by atoms with van der Waals surface area (Å²) in [5.74, 6) is 0.149. The Morgan fingerprint density at radius 1 is 1.38 bits per heavy atom. The minimum absolute atomic E-state index is 0. The minimum atomic E-state index is -3.57. The number of aryl methyl sites for hydroxylation is 1. The monoisotopic (exact) mass is 498 g/mol. The molecule has 1 fully saturated rings. The molecular weight excluding hydrogens is 470 g/mol. The van der Waals surface area contributed by atoms with E-state index in [1.807, 2.05) is 0 Å². The van der Waals surface area contributed by atoms with E-state index in [1.54, 1.807) is 26.1 Å². The number of nitrogens with zero attached hydrogens (tertiary/aromatic N) is 2. The van der Waals surface area contributed by atoms with Gasteiger partial charge in [0.15, 0.2) is 5.96 Å². The molecule has 148 valence electrons. The number of halogens is 2. The molecule has 2 rings (SSSR count). The van der Waals surface area contributed by atoms with Crippen LogP contribution in [-0.2, 0) is 10.0 Å². The fraction of sp³-hybridized carbons (Fsp3) is 0.588. The van der Waals surface area contributed by atoms with E-state index in [2.05, 4.69) is 33.8 Å². The van der Waals surface area contributed by atoms with E-state index in [1.165, 1.54) is 6.07 Å². The Morgan fingerprint density at radius 3 is 2.62 bits per heavy atom. The summed E-state index contributed by atoms with van der Waals surface area (Å²) in [4.78, 5) is 6.36. The molecule has 6 nitrogen and oxygen atoms in total. The molecule has 0 atom stereocenters. The Labute approximate surface area is 172 Å². The lowest BCUT2D eigenvalue weighted by Crippen LogP contribution is -2.42. The predicted molar refractivity (Wildman–Crippen MR) is 115 cm³/mol. The van der Waals surface area contributed by atoms with Gasteiger partial charge in [-0.2, -0.15) is 0 Å². The molecule has 1 aliphatic rings. The Morgan fingerprint density at radius 2 is 2.08 bits per heavy atom. The number of rotatable bonds is 5. The first kappa shape index (κ1) is 22.9. The maximum Gasteiger partial charge on any atom is 0.234 e. The molecule has 26 heavy (non-hydrogen) atoms. The molecule has 1 aromatic rings. The molecule has 1 heterocycles. The van der Waals surface area contributed by atoms with Crippen molar-refractivity contribution in [1.29, 1.82) is 0 Å². The summed E-state index contributed by atoms with van der Waals surface area (Å²) in [6, 6.07) is 4.28. The highest BCUT2D eigenvalue weighted by atomic mass is 127. The fourth-order valence-electron chi connectivity index (χ4n) is 2.81. The van der Waals surface area contributed by atoms with Gasteiger partial charge in [-0.1, -0.05) is 19.9 Å². The van der Waals surface area contributed by atoms with Gasteiger partial charge in [-0.15, -0.1) is 24.0 Å². The third kappa shape index (κ3) is 6.57. The smallest absolute Gasteiger partial charge is 0.234 e. The highest BCUT2D eigenvalue weighted by molar-refractivity contribution is 14.0. The molecule has 0 amide bonds. The number of aliphatic imine (C=N–C) groups is 1. The minimum Gasteiger partial charge on any atom is -0.355 e. The van der Waals surface area contributed by atoms with E-state index < -0.39 is 15.8 Å². The number of nitrogens with one attached hydrogen (secondary N) is 2. The van der Waals surface area contributed by atoms with E-state index in [0.717, 1.165) is 19.5 Å². The van der Waals surface area contributed by atoms with Crippen LogP contribution in [0.2, 0.25) is 0 Å². The summed E-state index contributed by atoms with van der Waals surface area (Å²) < 4.78 is 40.3. The fourth-order valence-corrected chi connectivity index (χ4v) is 3.77. The number of benzene rings is 1. The van der Waals surface area contributed by atoms with Gasteiger partial charge < -0.3 is 10.2 Å². The molecule has 1 aromatic carbocycles. The highest BCUT2D eigenvalue weighted by Crippen LogP contribution is 2.28. The van der Waals surface area contributed by atoms with Gasteiger partial charge in [-0.3, -0.25) is 9.71 Å². The van der Waals surface area contributed by atoms with Crippen LogP contribution in [0.3, 0.4) is 0 Å². The molecule has 0 unspecified atom stereocenters. The van der Waals surface area contributed by atoms with Gasteiger partial charge in [0.1, 0.15) is 5.82 Å². The van der Waals surface area contributed by atoms with Crippen LogP contribution in [-0.4, -0.2) is 51.7 Å². The number of guanidine groups is 1. The first-order valence-electron chi connectivity index (χ1n) is 8.34. The van der Waals surface area contributed by atoms with Crippen LogP contribution >= 0.6 is 24.0 Å². The molecule has 9 heteroatoms. The average Bonchev–Trinajstić information content (AvgIpc) is 2.87. The van der Waals surface area contributed by atoms with Crippen LogP contribution in [0.5, 0.6) is 0 Å². The maximum absolute atomic E-state index is 13.5. The Kier molecular flexibility index (Phi) is 8.12. The van der Waals surface area contributed by atoms with Crippen molar-refractivity contribution in [2.45, 2.75) is 27.2 Å². The van der Waals surface area contributed by atoms with E-state index in [4.69, 9.17) is 0 Å². The maximum atomic E-state index is 13.5. The summed E-state index contributed by atoms with van der Waals surface area (Å²) in [5, 5.41) is 3.09. The molecule has 0 bridgehead atoms. The van der Waals surface area contributed by atoms with Crippen LogP contribution in [0.1, 0.15) is 25.8 Å². The molecule has 0 radical (unpaired) electrons. The summed E-state index contributed by atoms with van der Waals surface area (Å²) in [6.07, 6.45) is 1.08. The van der Waals surface area contributed by atoms with Gasteiger partial charge in [-0.05, 0) is 36.5 Å². The zero-order valence-corrected chi connectivity index (χ0v) is 18.8. The van der Waals surface area contributed by atoms with Crippen molar-refractivity contribution in [2.75, 3.05) is 37.2 Å². The largest absolute Gasteiger partial charge is 0.355 e. The Hall–Kier alpha value is -1.10. The van der Waals surface area contributed by atoms with Gasteiger partial charge in [-0.25, -0.2) is 12.8 Å². The first-order chi connectivity index (χ1) is 11.6. The zero-order valence-electron chi connectivity index (χ0n) is 15.7. The van der Waals surface area contributed by atoms with Gasteiger partial charge in [0, 0.05) is 26.7 Å². The van der Waals surface area contributed by atoms with Crippen LogP contribution < -0.4 is 10.0 Å². The number of hydrogen-bond donors (Lipinski definition) is 2. The molecule has 2 N–H and O–H groups in total. The van der Waals surface area contributed by atoms with Crippen LogP contribution in [0.15, 0.2) is 23.2 Å². The SMILES string of the molecule is CN=C(NCCS(=O)(=O)Nc1ccc(C)c(F)c1)N1CCC(C)(C)C1.I. The third-order valence-corrected chi connectivity index (χ3v) is 5.58. The summed E-state index contributed by atoms with van der Waals surface area (Å²) >= 11 is 0. The zero-order chi connectivity index (χ0) is 18.7. The predicted octanol–water partition coefficient (Wildman–Crippen LogP) is 2.80. The van der Waals surface area contributed by atoms with Crippen LogP contribution in [0, 0.1) is 18.2 Å². The molecule has 0 spiro atoms. The lowest BCUT2D eigenvalue weighted by Gasteiger charge is -2.23.